The van der Waals surface area contributed by atoms with E-state index < -0.39 is 20.0 Å². The summed E-state index contributed by atoms with van der Waals surface area (Å²) in [7, 11) is -5.30. The van der Waals surface area contributed by atoms with E-state index >= 15 is 0 Å². The molecule has 0 amide bonds. The Morgan fingerprint density at radius 2 is 1.82 bits per heavy atom. The van der Waals surface area contributed by atoms with Gasteiger partial charge >= 0.3 is 0 Å². The Labute approximate surface area is 167 Å². The molecule has 0 spiro atoms. The number of rotatable bonds is 5. The van der Waals surface area contributed by atoms with E-state index in [9.17, 15) is 16.8 Å². The molecule has 2 atom stereocenters. The topological polar surface area (TPSA) is 84.0 Å². The minimum absolute atomic E-state index is 0.0693. The lowest BCUT2D eigenvalue weighted by molar-refractivity contribution is 0.0209. The minimum Gasteiger partial charge on any atom is -0.384 e. The van der Waals surface area contributed by atoms with Crippen molar-refractivity contribution < 1.29 is 21.6 Å². The van der Waals surface area contributed by atoms with E-state index in [0.29, 0.717) is 44.1 Å². The summed E-state index contributed by atoms with van der Waals surface area (Å²) in [5.74, 6) is -0.0693. The Hall–Kier alpha value is -1.00. The SMILES string of the molecule is COCC12CCN(S(=O)(=O)c3ccc4c(c3)CCC4)CC1CN(S(C)(=O)=O)C2. The summed E-state index contributed by atoms with van der Waals surface area (Å²) in [5.41, 5.74) is 2.06. The van der Waals surface area contributed by atoms with Crippen LogP contribution in [0, 0.1) is 11.3 Å². The summed E-state index contributed by atoms with van der Waals surface area (Å²) in [5, 5.41) is 0. The van der Waals surface area contributed by atoms with Gasteiger partial charge in [-0.25, -0.2) is 21.1 Å². The molecule has 4 rings (SSSR count). The second kappa shape index (κ2) is 7.05. The zero-order chi connectivity index (χ0) is 20.2. The Morgan fingerprint density at radius 1 is 1.11 bits per heavy atom. The maximum Gasteiger partial charge on any atom is 0.243 e. The average Bonchev–Trinajstić information content (AvgIpc) is 3.24. The molecule has 1 aromatic rings. The quantitative estimate of drug-likeness (QED) is 0.701. The maximum absolute atomic E-state index is 13.3. The lowest BCUT2D eigenvalue weighted by Crippen LogP contribution is -2.50. The summed E-state index contributed by atoms with van der Waals surface area (Å²) in [4.78, 5) is 0.352. The first kappa shape index (κ1) is 20.3. The molecule has 2 unspecified atom stereocenters. The highest BCUT2D eigenvalue weighted by molar-refractivity contribution is 7.89. The molecule has 1 aromatic carbocycles. The molecule has 2 fully saturated rings. The largest absolute Gasteiger partial charge is 0.384 e. The molecule has 0 N–H and O–H groups in total. The summed E-state index contributed by atoms with van der Waals surface area (Å²) >= 11 is 0. The molecule has 28 heavy (non-hydrogen) atoms. The van der Waals surface area contributed by atoms with Crippen molar-refractivity contribution in [3.05, 3.63) is 29.3 Å². The molecule has 0 bridgehead atoms. The third-order valence-electron chi connectivity index (χ3n) is 6.67. The monoisotopic (exact) mass is 428 g/mol. The van der Waals surface area contributed by atoms with Crippen LogP contribution in [-0.2, 0) is 37.6 Å². The fourth-order valence-electron chi connectivity index (χ4n) is 5.06. The van der Waals surface area contributed by atoms with Crippen molar-refractivity contribution in [3.8, 4) is 0 Å². The zero-order valence-corrected chi connectivity index (χ0v) is 18.1. The predicted molar refractivity (Wildman–Crippen MR) is 106 cm³/mol. The van der Waals surface area contributed by atoms with Crippen LogP contribution in [0.1, 0.15) is 24.0 Å². The molecule has 0 aromatic heterocycles. The van der Waals surface area contributed by atoms with Crippen LogP contribution in [0.2, 0.25) is 0 Å². The average molecular weight is 429 g/mol. The third kappa shape index (κ3) is 3.41. The van der Waals surface area contributed by atoms with Crippen LogP contribution in [0.25, 0.3) is 0 Å². The van der Waals surface area contributed by atoms with Crippen LogP contribution < -0.4 is 0 Å². The number of benzene rings is 1. The fraction of sp³-hybridized carbons (Fsp3) is 0.684. The van der Waals surface area contributed by atoms with Crippen LogP contribution >= 0.6 is 0 Å². The molecule has 7 nitrogen and oxygen atoms in total. The molecule has 2 heterocycles. The number of piperidine rings is 1. The second-order valence-corrected chi connectivity index (χ2v) is 12.4. The number of sulfonamides is 2. The van der Waals surface area contributed by atoms with Gasteiger partial charge in [-0.1, -0.05) is 6.07 Å². The smallest absolute Gasteiger partial charge is 0.243 e. The Bertz CT molecular complexity index is 976. The van der Waals surface area contributed by atoms with Gasteiger partial charge in [-0.05, 0) is 54.9 Å². The summed E-state index contributed by atoms with van der Waals surface area (Å²) < 4.78 is 59.2. The first-order valence-electron chi connectivity index (χ1n) is 9.72. The number of nitrogens with zero attached hydrogens (tertiary/aromatic N) is 2. The van der Waals surface area contributed by atoms with Gasteiger partial charge in [0.05, 0.1) is 17.8 Å². The van der Waals surface area contributed by atoms with Crippen molar-refractivity contribution in [1.82, 2.24) is 8.61 Å². The highest BCUT2D eigenvalue weighted by atomic mass is 32.2. The van der Waals surface area contributed by atoms with Crippen molar-refractivity contribution in [2.24, 2.45) is 11.3 Å². The van der Waals surface area contributed by atoms with E-state index in [1.165, 1.54) is 20.4 Å². The standard InChI is InChI=1S/C19H28N2O5S2/c1-26-14-19-8-9-20(11-17(19)12-21(13-19)27(2,22)23)28(24,25)18-7-6-15-4-3-5-16(15)10-18/h6-7,10,17H,3-5,8-9,11-14H2,1-2H3. The van der Waals surface area contributed by atoms with E-state index in [2.05, 4.69) is 0 Å². The van der Waals surface area contributed by atoms with Gasteiger partial charge in [0.2, 0.25) is 20.0 Å². The van der Waals surface area contributed by atoms with Gasteiger partial charge < -0.3 is 4.74 Å². The number of methoxy groups -OCH3 is 1. The van der Waals surface area contributed by atoms with Crippen LogP contribution in [0.4, 0.5) is 0 Å². The molecular weight excluding hydrogens is 400 g/mol. The van der Waals surface area contributed by atoms with Crippen molar-refractivity contribution in [1.29, 1.82) is 0 Å². The molecule has 156 valence electrons. The molecule has 3 aliphatic rings. The van der Waals surface area contributed by atoms with Crippen LogP contribution in [0.15, 0.2) is 23.1 Å². The lowest BCUT2D eigenvalue weighted by Gasteiger charge is -2.42. The van der Waals surface area contributed by atoms with Gasteiger partial charge in [0.15, 0.2) is 0 Å². The van der Waals surface area contributed by atoms with Crippen molar-refractivity contribution in [2.45, 2.75) is 30.6 Å². The minimum atomic E-state index is -3.59. The van der Waals surface area contributed by atoms with Crippen LogP contribution in [-0.4, -0.2) is 71.6 Å². The molecule has 0 saturated carbocycles. The molecule has 2 aliphatic heterocycles. The van der Waals surface area contributed by atoms with Crippen molar-refractivity contribution in [3.63, 3.8) is 0 Å². The predicted octanol–water partition coefficient (Wildman–Crippen LogP) is 1.09. The highest BCUT2D eigenvalue weighted by Gasteiger charge is 2.53. The summed E-state index contributed by atoms with van der Waals surface area (Å²) in [6.45, 7) is 1.90. The first-order chi connectivity index (χ1) is 13.2. The number of ether oxygens (including phenoxy) is 1. The van der Waals surface area contributed by atoms with Crippen molar-refractivity contribution in [2.75, 3.05) is 46.2 Å². The molecular formula is C19H28N2O5S2. The third-order valence-corrected chi connectivity index (χ3v) is 9.75. The number of hydrogen-bond donors (Lipinski definition) is 0. The van der Waals surface area contributed by atoms with Gasteiger partial charge in [0.1, 0.15) is 0 Å². The van der Waals surface area contributed by atoms with Gasteiger partial charge in [0, 0.05) is 38.7 Å². The van der Waals surface area contributed by atoms with Crippen LogP contribution in [0.5, 0.6) is 0 Å². The molecule has 0 radical (unpaired) electrons. The lowest BCUT2D eigenvalue weighted by atomic mass is 9.74. The van der Waals surface area contributed by atoms with Crippen LogP contribution in [0.3, 0.4) is 0 Å². The van der Waals surface area contributed by atoms with E-state index in [1.54, 1.807) is 13.2 Å². The van der Waals surface area contributed by atoms with E-state index in [-0.39, 0.29) is 11.3 Å². The van der Waals surface area contributed by atoms with Gasteiger partial charge in [-0.2, -0.15) is 4.31 Å². The van der Waals surface area contributed by atoms with Gasteiger partial charge in [-0.15, -0.1) is 0 Å². The fourth-order valence-corrected chi connectivity index (χ4v) is 7.53. The number of fused-ring (bicyclic) bond motifs is 2. The van der Waals surface area contributed by atoms with Crippen molar-refractivity contribution >= 4 is 20.0 Å². The normalized spacial score (nSPS) is 29.0. The van der Waals surface area contributed by atoms with E-state index in [0.717, 1.165) is 24.8 Å². The molecule has 2 saturated heterocycles. The number of hydrogen-bond acceptors (Lipinski definition) is 5. The van der Waals surface area contributed by atoms with Gasteiger partial charge in [0.25, 0.3) is 0 Å². The molecule has 1 aliphatic carbocycles. The van der Waals surface area contributed by atoms with E-state index in [1.807, 2.05) is 12.1 Å². The molecule has 9 heteroatoms. The Balaban J connectivity index is 1.60. The van der Waals surface area contributed by atoms with Gasteiger partial charge in [-0.3, -0.25) is 0 Å². The Kier molecular flexibility index (Phi) is 5.11. The van der Waals surface area contributed by atoms with E-state index in [4.69, 9.17) is 4.74 Å². The number of aryl methyl sites for hydroxylation is 2. The second-order valence-electron chi connectivity index (χ2n) is 8.44. The highest BCUT2D eigenvalue weighted by Crippen LogP contribution is 2.45. The maximum atomic E-state index is 13.3. The summed E-state index contributed by atoms with van der Waals surface area (Å²) in [6.07, 6.45) is 4.83. The first-order valence-corrected chi connectivity index (χ1v) is 13.0. The Morgan fingerprint density at radius 3 is 2.54 bits per heavy atom. The summed E-state index contributed by atoms with van der Waals surface area (Å²) in [6, 6.07) is 5.48. The zero-order valence-electron chi connectivity index (χ0n) is 16.4.